The lowest BCUT2D eigenvalue weighted by Gasteiger charge is -2.35. The van der Waals surface area contributed by atoms with E-state index in [4.69, 9.17) is 5.73 Å². The molecule has 0 spiro atoms. The summed E-state index contributed by atoms with van der Waals surface area (Å²) in [5.41, 5.74) is 5.13. The summed E-state index contributed by atoms with van der Waals surface area (Å²) in [6, 6.07) is -0.401. The van der Waals surface area contributed by atoms with E-state index in [2.05, 4.69) is 12.2 Å². The number of nitrogens with two attached hydrogens (primary N) is 1. The molecule has 0 aromatic heterocycles. The zero-order valence-electron chi connectivity index (χ0n) is 11.3. The minimum Gasteiger partial charge on any atom is -0.388 e. The molecule has 2 aliphatic carbocycles. The van der Waals surface area contributed by atoms with Gasteiger partial charge in [-0.15, -0.1) is 0 Å². The molecule has 0 aromatic rings. The average molecular weight is 254 g/mol. The first kappa shape index (κ1) is 13.8. The Morgan fingerprint density at radius 1 is 1.50 bits per heavy atom. The van der Waals surface area contributed by atoms with E-state index in [1.165, 1.54) is 19.3 Å². The van der Waals surface area contributed by atoms with E-state index in [0.29, 0.717) is 18.4 Å². The highest BCUT2D eigenvalue weighted by atomic mass is 16.3. The highest BCUT2D eigenvalue weighted by molar-refractivity contribution is 5.81. The van der Waals surface area contributed by atoms with Gasteiger partial charge in [-0.25, -0.2) is 0 Å². The molecule has 2 fully saturated rings. The Bertz CT molecular complexity index is 304. The van der Waals surface area contributed by atoms with Gasteiger partial charge in [-0.1, -0.05) is 32.6 Å². The summed E-state index contributed by atoms with van der Waals surface area (Å²) in [6.45, 7) is 2.51. The van der Waals surface area contributed by atoms with Crippen LogP contribution >= 0.6 is 0 Å². The van der Waals surface area contributed by atoms with Gasteiger partial charge in [-0.2, -0.15) is 0 Å². The first-order valence-electron chi connectivity index (χ1n) is 7.24. The fraction of sp³-hybridized carbons (Fsp3) is 0.929. The van der Waals surface area contributed by atoms with Crippen molar-refractivity contribution in [1.82, 2.24) is 5.32 Å². The minimum atomic E-state index is -0.716. The molecule has 0 saturated heterocycles. The van der Waals surface area contributed by atoms with Crippen LogP contribution in [0.4, 0.5) is 0 Å². The maximum atomic E-state index is 11.8. The van der Waals surface area contributed by atoms with Gasteiger partial charge in [0.2, 0.25) is 5.91 Å². The van der Waals surface area contributed by atoms with Gasteiger partial charge in [0.25, 0.3) is 0 Å². The Balaban J connectivity index is 1.73. The maximum absolute atomic E-state index is 11.8. The molecule has 2 unspecified atom stereocenters. The van der Waals surface area contributed by atoms with E-state index >= 15 is 0 Å². The summed E-state index contributed by atoms with van der Waals surface area (Å²) in [5.74, 6) is 1.10. The second kappa shape index (κ2) is 5.57. The minimum absolute atomic E-state index is 0.103. The van der Waals surface area contributed by atoms with Crippen molar-refractivity contribution in [2.45, 2.75) is 63.5 Å². The number of carbonyl (C=O) groups excluding carboxylic acids is 1. The fourth-order valence-electron chi connectivity index (χ4n) is 3.00. The van der Waals surface area contributed by atoms with Gasteiger partial charge in [0.05, 0.1) is 11.6 Å². The van der Waals surface area contributed by atoms with E-state index in [1.807, 2.05) is 0 Å². The van der Waals surface area contributed by atoms with Crippen molar-refractivity contribution < 1.29 is 9.90 Å². The molecular formula is C14H26N2O2. The molecule has 1 amide bonds. The van der Waals surface area contributed by atoms with Crippen molar-refractivity contribution in [2.24, 2.45) is 17.6 Å². The summed E-state index contributed by atoms with van der Waals surface area (Å²) in [5, 5.41) is 13.2. The summed E-state index contributed by atoms with van der Waals surface area (Å²) in [7, 11) is 0. The van der Waals surface area contributed by atoms with E-state index in [0.717, 1.165) is 25.7 Å². The number of nitrogens with one attached hydrogen (secondary N) is 1. The number of amides is 1. The Morgan fingerprint density at radius 2 is 2.22 bits per heavy atom. The second-order valence-electron chi connectivity index (χ2n) is 6.43. The molecule has 4 N–H and O–H groups in total. The molecule has 104 valence electrons. The molecule has 0 heterocycles. The molecule has 0 radical (unpaired) electrons. The number of carbonyl (C=O) groups is 1. The third kappa shape index (κ3) is 3.95. The second-order valence-corrected chi connectivity index (χ2v) is 6.43. The first-order chi connectivity index (χ1) is 8.48. The van der Waals surface area contributed by atoms with Crippen molar-refractivity contribution in [3.05, 3.63) is 0 Å². The van der Waals surface area contributed by atoms with Crippen LogP contribution < -0.4 is 11.1 Å². The predicted octanol–water partition coefficient (Wildman–Crippen LogP) is 1.17. The lowest BCUT2D eigenvalue weighted by Crippen LogP contribution is -2.50. The van der Waals surface area contributed by atoms with Crippen LogP contribution in [0.15, 0.2) is 0 Å². The third-order valence-corrected chi connectivity index (χ3v) is 4.28. The van der Waals surface area contributed by atoms with Crippen LogP contribution in [0.3, 0.4) is 0 Å². The summed E-state index contributed by atoms with van der Waals surface area (Å²) < 4.78 is 0. The Kier molecular flexibility index (Phi) is 4.28. The van der Waals surface area contributed by atoms with Gasteiger partial charge in [0.1, 0.15) is 0 Å². The smallest absolute Gasteiger partial charge is 0.237 e. The topological polar surface area (TPSA) is 75.3 Å². The van der Waals surface area contributed by atoms with Crippen LogP contribution in [-0.4, -0.2) is 29.2 Å². The maximum Gasteiger partial charge on any atom is 0.237 e. The molecule has 0 aromatic carbocycles. The molecular weight excluding hydrogens is 228 g/mol. The van der Waals surface area contributed by atoms with Crippen LogP contribution in [0.25, 0.3) is 0 Å². The van der Waals surface area contributed by atoms with E-state index < -0.39 is 11.6 Å². The Labute approximate surface area is 109 Å². The van der Waals surface area contributed by atoms with E-state index in [9.17, 15) is 9.90 Å². The quantitative estimate of drug-likeness (QED) is 0.689. The van der Waals surface area contributed by atoms with Crippen molar-refractivity contribution >= 4 is 5.91 Å². The highest BCUT2D eigenvalue weighted by Crippen LogP contribution is 2.33. The average Bonchev–Trinajstić information content (AvgIpc) is 3.09. The molecule has 2 saturated carbocycles. The van der Waals surface area contributed by atoms with Crippen molar-refractivity contribution in [2.75, 3.05) is 6.54 Å². The molecule has 3 atom stereocenters. The largest absolute Gasteiger partial charge is 0.388 e. The van der Waals surface area contributed by atoms with Gasteiger partial charge in [0.15, 0.2) is 0 Å². The Morgan fingerprint density at radius 3 is 2.83 bits per heavy atom. The third-order valence-electron chi connectivity index (χ3n) is 4.28. The molecule has 18 heavy (non-hydrogen) atoms. The van der Waals surface area contributed by atoms with E-state index in [-0.39, 0.29) is 5.91 Å². The standard InChI is InChI=1S/C14H26N2O2/c1-10-3-2-6-14(18,8-10)9-16-13(17)12(15)7-11-4-5-11/h10-12,18H,2-9,15H2,1H3,(H,16,17)/t10?,12-,14?/m0/s1. The summed E-state index contributed by atoms with van der Waals surface area (Å²) >= 11 is 0. The molecule has 4 nitrogen and oxygen atoms in total. The zero-order chi connectivity index (χ0) is 13.2. The lowest BCUT2D eigenvalue weighted by molar-refractivity contribution is -0.124. The van der Waals surface area contributed by atoms with Crippen LogP contribution in [0.5, 0.6) is 0 Å². The van der Waals surface area contributed by atoms with Gasteiger partial charge in [-0.3, -0.25) is 4.79 Å². The number of hydrogen-bond acceptors (Lipinski definition) is 3. The van der Waals surface area contributed by atoms with Crippen LogP contribution in [0, 0.1) is 11.8 Å². The number of hydrogen-bond donors (Lipinski definition) is 3. The molecule has 0 aliphatic heterocycles. The van der Waals surface area contributed by atoms with Gasteiger partial charge in [0, 0.05) is 6.54 Å². The van der Waals surface area contributed by atoms with Crippen LogP contribution in [0.1, 0.15) is 51.9 Å². The monoisotopic (exact) mass is 254 g/mol. The lowest BCUT2D eigenvalue weighted by atomic mass is 9.79. The molecule has 2 aliphatic rings. The SMILES string of the molecule is CC1CCCC(O)(CNC(=O)[C@@H](N)CC2CC2)C1. The van der Waals surface area contributed by atoms with Gasteiger partial charge in [-0.05, 0) is 31.1 Å². The zero-order valence-corrected chi connectivity index (χ0v) is 11.3. The highest BCUT2D eigenvalue weighted by Gasteiger charge is 2.34. The molecule has 0 bridgehead atoms. The Hall–Kier alpha value is -0.610. The van der Waals surface area contributed by atoms with Crippen LogP contribution in [0.2, 0.25) is 0 Å². The van der Waals surface area contributed by atoms with Crippen LogP contribution in [-0.2, 0) is 4.79 Å². The summed E-state index contributed by atoms with van der Waals surface area (Å²) in [4.78, 5) is 11.8. The van der Waals surface area contributed by atoms with Crippen molar-refractivity contribution in [1.29, 1.82) is 0 Å². The number of rotatable bonds is 5. The molecule has 2 rings (SSSR count). The first-order valence-corrected chi connectivity index (χ1v) is 7.24. The fourth-order valence-corrected chi connectivity index (χ4v) is 3.00. The summed E-state index contributed by atoms with van der Waals surface area (Å²) in [6.07, 6.45) is 7.01. The van der Waals surface area contributed by atoms with Crippen molar-refractivity contribution in [3.8, 4) is 0 Å². The van der Waals surface area contributed by atoms with Gasteiger partial charge >= 0.3 is 0 Å². The van der Waals surface area contributed by atoms with Gasteiger partial charge < -0.3 is 16.2 Å². The predicted molar refractivity (Wildman–Crippen MR) is 70.9 cm³/mol. The van der Waals surface area contributed by atoms with E-state index in [1.54, 1.807) is 0 Å². The molecule has 4 heteroatoms. The van der Waals surface area contributed by atoms with Crippen molar-refractivity contribution in [3.63, 3.8) is 0 Å². The number of aliphatic hydroxyl groups is 1. The normalized spacial score (nSPS) is 34.1.